The molecule has 0 spiro atoms. The minimum atomic E-state index is -3.61. The molecule has 0 saturated carbocycles. The summed E-state index contributed by atoms with van der Waals surface area (Å²) >= 11 is 0. The molecule has 0 amide bonds. The minimum absolute atomic E-state index is 0. The quantitative estimate of drug-likeness (QED) is 0.756. The Bertz CT molecular complexity index is 967. The maximum atomic E-state index is 12.9. The Balaban J connectivity index is 0.00000182. The average molecular weight is 379 g/mol. The summed E-state index contributed by atoms with van der Waals surface area (Å²) in [5.41, 5.74) is 0.655. The molecular weight excluding hydrogens is 360 g/mol. The molecule has 0 atom stereocenters. The van der Waals surface area contributed by atoms with E-state index in [1.807, 2.05) is 6.07 Å². The van der Waals surface area contributed by atoms with E-state index in [0.717, 1.165) is 37.4 Å². The van der Waals surface area contributed by atoms with Crippen molar-refractivity contribution >= 4 is 39.2 Å². The molecule has 1 saturated heterocycles. The number of halogens is 1. The van der Waals surface area contributed by atoms with Crippen molar-refractivity contribution in [2.75, 3.05) is 31.1 Å². The van der Waals surface area contributed by atoms with Crippen LogP contribution in [0.4, 0.5) is 5.82 Å². The Hall–Kier alpha value is -2.09. The smallest absolute Gasteiger partial charge is 0.268 e. The molecule has 0 radical (unpaired) electrons. The van der Waals surface area contributed by atoms with Crippen LogP contribution in [0.3, 0.4) is 0 Å². The summed E-state index contributed by atoms with van der Waals surface area (Å²) in [5, 5.41) is 4.17. The van der Waals surface area contributed by atoms with Crippen LogP contribution in [0, 0.1) is 0 Å². The molecular formula is C17H19ClN4O2S. The third-order valence-electron chi connectivity index (χ3n) is 4.28. The van der Waals surface area contributed by atoms with E-state index < -0.39 is 10.0 Å². The molecule has 0 unspecified atom stereocenters. The van der Waals surface area contributed by atoms with E-state index in [1.165, 1.54) is 3.97 Å². The summed E-state index contributed by atoms with van der Waals surface area (Å²) in [4.78, 5) is 6.96. The van der Waals surface area contributed by atoms with E-state index in [2.05, 4.69) is 15.2 Å². The molecule has 6 nitrogen and oxygen atoms in total. The summed E-state index contributed by atoms with van der Waals surface area (Å²) in [6.45, 7) is 3.54. The van der Waals surface area contributed by atoms with Crippen LogP contribution in [0.5, 0.6) is 0 Å². The highest BCUT2D eigenvalue weighted by molar-refractivity contribution is 7.90. The van der Waals surface area contributed by atoms with Gasteiger partial charge in [0.25, 0.3) is 10.0 Å². The topological polar surface area (TPSA) is 67.2 Å². The SMILES string of the molecule is Cl.O=S(=O)(c1ccccc1)n1ccc2c(N3CCNCC3)nccc21. The predicted molar refractivity (Wildman–Crippen MR) is 101 cm³/mol. The zero-order chi connectivity index (χ0) is 16.6. The van der Waals surface area contributed by atoms with Gasteiger partial charge in [-0.25, -0.2) is 17.4 Å². The van der Waals surface area contributed by atoms with Gasteiger partial charge in [-0.1, -0.05) is 18.2 Å². The van der Waals surface area contributed by atoms with Crippen molar-refractivity contribution in [1.29, 1.82) is 0 Å². The van der Waals surface area contributed by atoms with Gasteiger partial charge in [-0.05, 0) is 24.3 Å². The molecule has 8 heteroatoms. The Labute approximate surface area is 152 Å². The highest BCUT2D eigenvalue weighted by atomic mass is 35.5. The highest BCUT2D eigenvalue weighted by Crippen LogP contribution is 2.28. The van der Waals surface area contributed by atoms with Crippen molar-refractivity contribution < 1.29 is 8.42 Å². The number of piperazine rings is 1. The van der Waals surface area contributed by atoms with Crippen molar-refractivity contribution in [3.63, 3.8) is 0 Å². The van der Waals surface area contributed by atoms with Gasteiger partial charge in [-0.15, -0.1) is 12.4 Å². The fourth-order valence-corrected chi connectivity index (χ4v) is 4.44. The van der Waals surface area contributed by atoms with Gasteiger partial charge in [-0.2, -0.15) is 0 Å². The van der Waals surface area contributed by atoms with Crippen LogP contribution in [0.25, 0.3) is 10.9 Å². The van der Waals surface area contributed by atoms with E-state index in [9.17, 15) is 8.42 Å². The van der Waals surface area contributed by atoms with E-state index in [4.69, 9.17) is 0 Å². The first-order valence-electron chi connectivity index (χ1n) is 7.90. The highest BCUT2D eigenvalue weighted by Gasteiger charge is 2.21. The van der Waals surface area contributed by atoms with Crippen LogP contribution in [0.2, 0.25) is 0 Å². The first-order valence-corrected chi connectivity index (χ1v) is 9.34. The molecule has 1 aromatic carbocycles. The Morgan fingerprint density at radius 1 is 1.00 bits per heavy atom. The monoisotopic (exact) mass is 378 g/mol. The molecule has 3 heterocycles. The van der Waals surface area contributed by atoms with Gasteiger partial charge in [-0.3, -0.25) is 0 Å². The lowest BCUT2D eigenvalue weighted by Crippen LogP contribution is -2.43. The van der Waals surface area contributed by atoms with Crippen molar-refractivity contribution in [1.82, 2.24) is 14.3 Å². The molecule has 1 aliphatic rings. The molecule has 1 N–H and O–H groups in total. The second-order valence-electron chi connectivity index (χ2n) is 5.73. The lowest BCUT2D eigenvalue weighted by molar-refractivity contribution is 0.586. The van der Waals surface area contributed by atoms with E-state index in [1.54, 1.807) is 48.8 Å². The maximum absolute atomic E-state index is 12.9. The third-order valence-corrected chi connectivity index (χ3v) is 5.98. The van der Waals surface area contributed by atoms with Crippen LogP contribution >= 0.6 is 12.4 Å². The van der Waals surface area contributed by atoms with Crippen molar-refractivity contribution in [2.45, 2.75) is 4.90 Å². The molecule has 2 aromatic heterocycles. The number of rotatable bonds is 3. The second kappa shape index (κ2) is 7.03. The molecule has 25 heavy (non-hydrogen) atoms. The third kappa shape index (κ3) is 3.10. The zero-order valence-corrected chi connectivity index (χ0v) is 15.1. The molecule has 3 aromatic rings. The number of nitrogens with zero attached hydrogens (tertiary/aromatic N) is 3. The normalized spacial score (nSPS) is 15.1. The largest absolute Gasteiger partial charge is 0.354 e. The van der Waals surface area contributed by atoms with Gasteiger partial charge >= 0.3 is 0 Å². The number of aromatic nitrogens is 2. The second-order valence-corrected chi connectivity index (χ2v) is 7.55. The fourth-order valence-electron chi connectivity index (χ4n) is 3.07. The molecule has 132 valence electrons. The van der Waals surface area contributed by atoms with Crippen LogP contribution in [0.15, 0.2) is 59.8 Å². The van der Waals surface area contributed by atoms with E-state index in [0.29, 0.717) is 5.52 Å². The summed E-state index contributed by atoms with van der Waals surface area (Å²) in [6.07, 6.45) is 3.29. The number of fused-ring (bicyclic) bond motifs is 1. The van der Waals surface area contributed by atoms with Gasteiger partial charge in [0.15, 0.2) is 0 Å². The van der Waals surface area contributed by atoms with Crippen molar-refractivity contribution in [3.05, 3.63) is 54.9 Å². The van der Waals surface area contributed by atoms with Gasteiger partial charge in [0.2, 0.25) is 0 Å². The fraction of sp³-hybridized carbons (Fsp3) is 0.235. The molecule has 0 aliphatic carbocycles. The van der Waals surface area contributed by atoms with Crippen molar-refractivity contribution in [3.8, 4) is 0 Å². The summed E-state index contributed by atoms with van der Waals surface area (Å²) in [5.74, 6) is 0.844. The van der Waals surface area contributed by atoms with E-state index in [-0.39, 0.29) is 17.3 Å². The first-order chi connectivity index (χ1) is 11.7. The van der Waals surface area contributed by atoms with Crippen molar-refractivity contribution in [2.24, 2.45) is 0 Å². The summed E-state index contributed by atoms with van der Waals surface area (Å²) in [6, 6.07) is 12.1. The summed E-state index contributed by atoms with van der Waals surface area (Å²) < 4.78 is 27.2. The molecule has 0 bridgehead atoms. The van der Waals surface area contributed by atoms with Gasteiger partial charge in [0.1, 0.15) is 5.82 Å². The average Bonchev–Trinajstić information content (AvgIpc) is 3.08. The Kier molecular flexibility index (Phi) is 4.99. The first kappa shape index (κ1) is 17.7. The molecule has 1 aliphatic heterocycles. The number of anilines is 1. The number of benzene rings is 1. The Morgan fingerprint density at radius 3 is 2.44 bits per heavy atom. The Morgan fingerprint density at radius 2 is 1.72 bits per heavy atom. The standard InChI is InChI=1S/C17H18N4O2S.ClH/c22-24(23,14-4-2-1-3-5-14)21-11-7-15-16(21)6-8-19-17(15)20-12-9-18-10-13-20;/h1-8,11,18H,9-10,12-13H2;1H. The number of hydrogen-bond donors (Lipinski definition) is 1. The predicted octanol–water partition coefficient (Wildman–Crippen LogP) is 2.10. The van der Waals surface area contributed by atoms with Crippen LogP contribution in [-0.2, 0) is 10.0 Å². The van der Waals surface area contributed by atoms with Gasteiger partial charge in [0.05, 0.1) is 10.4 Å². The van der Waals surface area contributed by atoms with E-state index >= 15 is 0 Å². The molecule has 1 fully saturated rings. The lowest BCUT2D eigenvalue weighted by atomic mass is 10.2. The number of nitrogens with one attached hydrogen (secondary N) is 1. The van der Waals surface area contributed by atoms with Gasteiger partial charge in [0, 0.05) is 44.0 Å². The van der Waals surface area contributed by atoms with Crippen LogP contribution < -0.4 is 10.2 Å². The van der Waals surface area contributed by atoms with Gasteiger partial charge < -0.3 is 10.2 Å². The molecule has 4 rings (SSSR count). The zero-order valence-electron chi connectivity index (χ0n) is 13.5. The number of hydrogen-bond acceptors (Lipinski definition) is 5. The van der Waals surface area contributed by atoms with Crippen LogP contribution in [-0.4, -0.2) is 43.6 Å². The minimum Gasteiger partial charge on any atom is -0.354 e. The van der Waals surface area contributed by atoms with Crippen LogP contribution in [0.1, 0.15) is 0 Å². The lowest BCUT2D eigenvalue weighted by Gasteiger charge is -2.28. The number of pyridine rings is 1. The summed E-state index contributed by atoms with van der Waals surface area (Å²) in [7, 11) is -3.61. The maximum Gasteiger partial charge on any atom is 0.268 e.